The lowest BCUT2D eigenvalue weighted by molar-refractivity contribution is -0.132. The molecule has 0 atom stereocenters. The fraction of sp³-hybridized carbons (Fsp3) is 0.588. The Kier molecular flexibility index (Phi) is 5.62. The van der Waals surface area contributed by atoms with Crippen molar-refractivity contribution in [2.45, 2.75) is 39.3 Å². The molecule has 1 aliphatic carbocycles. The van der Waals surface area contributed by atoms with Gasteiger partial charge in [0.25, 0.3) is 0 Å². The first kappa shape index (κ1) is 15.8. The second-order valence-electron chi connectivity index (χ2n) is 5.51. The SMILES string of the molecule is CCN(CC)C(=O)CN(Cc1ccccc1OC)C1CC1. The average molecular weight is 290 g/mol. The molecule has 0 heterocycles. The number of hydrogen-bond acceptors (Lipinski definition) is 3. The molecule has 1 aliphatic rings. The molecule has 0 saturated heterocycles. The highest BCUT2D eigenvalue weighted by molar-refractivity contribution is 5.78. The van der Waals surface area contributed by atoms with Crippen LogP contribution in [0.4, 0.5) is 0 Å². The van der Waals surface area contributed by atoms with Gasteiger partial charge in [-0.1, -0.05) is 18.2 Å². The Bertz CT molecular complexity index is 468. The van der Waals surface area contributed by atoms with E-state index in [1.807, 2.05) is 36.9 Å². The zero-order chi connectivity index (χ0) is 15.2. The van der Waals surface area contributed by atoms with Crippen LogP contribution in [-0.2, 0) is 11.3 Å². The Labute approximate surface area is 127 Å². The minimum absolute atomic E-state index is 0.224. The lowest BCUT2D eigenvalue weighted by Gasteiger charge is -2.26. The van der Waals surface area contributed by atoms with E-state index in [1.54, 1.807) is 7.11 Å². The topological polar surface area (TPSA) is 32.8 Å². The second kappa shape index (κ2) is 7.46. The minimum atomic E-state index is 0.224. The molecule has 0 aliphatic heterocycles. The lowest BCUT2D eigenvalue weighted by Crippen LogP contribution is -2.40. The lowest BCUT2D eigenvalue weighted by atomic mass is 10.2. The van der Waals surface area contributed by atoms with E-state index in [0.717, 1.165) is 30.9 Å². The normalized spacial score (nSPS) is 14.3. The molecule has 21 heavy (non-hydrogen) atoms. The first-order valence-electron chi connectivity index (χ1n) is 7.83. The van der Waals surface area contributed by atoms with Gasteiger partial charge in [0.05, 0.1) is 13.7 Å². The molecule has 1 saturated carbocycles. The predicted molar refractivity (Wildman–Crippen MR) is 84.4 cm³/mol. The number of carbonyl (C=O) groups is 1. The predicted octanol–water partition coefficient (Wildman–Crippen LogP) is 2.53. The molecule has 0 aromatic heterocycles. The molecule has 0 unspecified atom stereocenters. The van der Waals surface area contributed by atoms with E-state index < -0.39 is 0 Å². The maximum absolute atomic E-state index is 12.3. The smallest absolute Gasteiger partial charge is 0.236 e. The van der Waals surface area contributed by atoms with Crippen molar-refractivity contribution in [3.63, 3.8) is 0 Å². The van der Waals surface area contributed by atoms with Crippen LogP contribution >= 0.6 is 0 Å². The van der Waals surface area contributed by atoms with Crippen LogP contribution in [0.1, 0.15) is 32.3 Å². The van der Waals surface area contributed by atoms with Gasteiger partial charge in [-0.3, -0.25) is 9.69 Å². The summed E-state index contributed by atoms with van der Waals surface area (Å²) in [5.41, 5.74) is 1.15. The molecule has 1 amide bonds. The highest BCUT2D eigenvalue weighted by Gasteiger charge is 2.31. The number of amides is 1. The van der Waals surface area contributed by atoms with E-state index in [9.17, 15) is 4.79 Å². The monoisotopic (exact) mass is 290 g/mol. The summed E-state index contributed by atoms with van der Waals surface area (Å²) in [6.07, 6.45) is 2.39. The van der Waals surface area contributed by atoms with Gasteiger partial charge in [-0.15, -0.1) is 0 Å². The Morgan fingerprint density at radius 1 is 1.24 bits per heavy atom. The first-order chi connectivity index (χ1) is 10.2. The number of methoxy groups -OCH3 is 1. The number of carbonyl (C=O) groups excluding carboxylic acids is 1. The van der Waals surface area contributed by atoms with Crippen molar-refractivity contribution in [1.29, 1.82) is 0 Å². The number of nitrogens with zero attached hydrogens (tertiary/aromatic N) is 2. The fourth-order valence-corrected chi connectivity index (χ4v) is 2.66. The van der Waals surface area contributed by atoms with Gasteiger partial charge in [-0.25, -0.2) is 0 Å². The molecule has 4 heteroatoms. The molecule has 1 aromatic carbocycles. The van der Waals surface area contributed by atoms with Crippen molar-refractivity contribution in [3.8, 4) is 5.75 Å². The van der Waals surface area contributed by atoms with Crippen LogP contribution < -0.4 is 4.74 Å². The summed E-state index contributed by atoms with van der Waals surface area (Å²) in [6.45, 7) is 6.91. The highest BCUT2D eigenvalue weighted by atomic mass is 16.5. The summed E-state index contributed by atoms with van der Waals surface area (Å²) in [4.78, 5) is 16.5. The van der Waals surface area contributed by atoms with E-state index in [1.165, 1.54) is 12.8 Å². The molecular weight excluding hydrogens is 264 g/mol. The van der Waals surface area contributed by atoms with Crippen LogP contribution in [-0.4, -0.2) is 48.5 Å². The van der Waals surface area contributed by atoms with Gasteiger partial charge in [-0.2, -0.15) is 0 Å². The van der Waals surface area contributed by atoms with Crippen LogP contribution in [0, 0.1) is 0 Å². The van der Waals surface area contributed by atoms with Gasteiger partial charge < -0.3 is 9.64 Å². The third-order valence-electron chi connectivity index (χ3n) is 4.08. The maximum atomic E-state index is 12.3. The largest absolute Gasteiger partial charge is 0.496 e. The van der Waals surface area contributed by atoms with Crippen molar-refractivity contribution in [2.75, 3.05) is 26.7 Å². The van der Waals surface area contributed by atoms with E-state index >= 15 is 0 Å². The van der Waals surface area contributed by atoms with Crippen molar-refractivity contribution in [3.05, 3.63) is 29.8 Å². The highest BCUT2D eigenvalue weighted by Crippen LogP contribution is 2.30. The summed E-state index contributed by atoms with van der Waals surface area (Å²) in [6, 6.07) is 8.61. The fourth-order valence-electron chi connectivity index (χ4n) is 2.66. The van der Waals surface area contributed by atoms with Crippen LogP contribution in [0.15, 0.2) is 24.3 Å². The van der Waals surface area contributed by atoms with Gasteiger partial charge in [0, 0.05) is 31.2 Å². The quantitative estimate of drug-likeness (QED) is 0.737. The van der Waals surface area contributed by atoms with Gasteiger partial charge in [0.1, 0.15) is 5.75 Å². The van der Waals surface area contributed by atoms with Gasteiger partial charge >= 0.3 is 0 Å². The molecule has 0 bridgehead atoms. The molecule has 1 fully saturated rings. The number of para-hydroxylation sites is 1. The molecule has 0 spiro atoms. The molecule has 1 aromatic rings. The number of benzene rings is 1. The van der Waals surface area contributed by atoms with Crippen molar-refractivity contribution >= 4 is 5.91 Å². The summed E-state index contributed by atoms with van der Waals surface area (Å²) in [5, 5.41) is 0. The van der Waals surface area contributed by atoms with Crippen LogP contribution in [0.25, 0.3) is 0 Å². The summed E-state index contributed by atoms with van der Waals surface area (Å²) < 4.78 is 5.42. The van der Waals surface area contributed by atoms with Crippen molar-refractivity contribution in [2.24, 2.45) is 0 Å². The zero-order valence-corrected chi connectivity index (χ0v) is 13.3. The summed E-state index contributed by atoms with van der Waals surface area (Å²) in [5.74, 6) is 1.13. The van der Waals surface area contributed by atoms with Gasteiger partial charge in [-0.05, 0) is 32.8 Å². The Balaban J connectivity index is 2.04. The molecule has 0 N–H and O–H groups in total. The standard InChI is InChI=1S/C17H26N2O2/c1-4-18(5-2)17(20)13-19(15-10-11-15)12-14-8-6-7-9-16(14)21-3/h6-9,15H,4-5,10-13H2,1-3H3. The number of likely N-dealkylation sites (N-methyl/N-ethyl adjacent to an activating group) is 1. The van der Waals surface area contributed by atoms with E-state index in [4.69, 9.17) is 4.74 Å². The van der Waals surface area contributed by atoms with Gasteiger partial charge in [0.2, 0.25) is 5.91 Å². The van der Waals surface area contributed by atoms with Gasteiger partial charge in [0.15, 0.2) is 0 Å². The van der Waals surface area contributed by atoms with E-state index in [-0.39, 0.29) is 5.91 Å². The molecule has 2 rings (SSSR count). The number of hydrogen-bond donors (Lipinski definition) is 0. The van der Waals surface area contributed by atoms with E-state index in [0.29, 0.717) is 12.6 Å². The first-order valence-corrected chi connectivity index (χ1v) is 7.83. The number of rotatable bonds is 8. The zero-order valence-electron chi connectivity index (χ0n) is 13.3. The molecular formula is C17H26N2O2. The van der Waals surface area contributed by atoms with Crippen molar-refractivity contribution < 1.29 is 9.53 Å². The maximum Gasteiger partial charge on any atom is 0.236 e. The van der Waals surface area contributed by atoms with Crippen LogP contribution in [0.3, 0.4) is 0 Å². The Hall–Kier alpha value is -1.55. The number of ether oxygens (including phenoxy) is 1. The van der Waals surface area contributed by atoms with Crippen molar-refractivity contribution in [1.82, 2.24) is 9.80 Å². The Morgan fingerprint density at radius 2 is 1.90 bits per heavy atom. The van der Waals surface area contributed by atoms with Crippen LogP contribution in [0.2, 0.25) is 0 Å². The summed E-state index contributed by atoms with van der Waals surface area (Å²) >= 11 is 0. The van der Waals surface area contributed by atoms with E-state index in [2.05, 4.69) is 11.0 Å². The molecule has 4 nitrogen and oxygen atoms in total. The summed E-state index contributed by atoms with van der Waals surface area (Å²) in [7, 11) is 1.70. The third kappa shape index (κ3) is 4.21. The minimum Gasteiger partial charge on any atom is -0.496 e. The third-order valence-corrected chi connectivity index (χ3v) is 4.08. The van der Waals surface area contributed by atoms with Crippen LogP contribution in [0.5, 0.6) is 5.75 Å². The molecule has 0 radical (unpaired) electrons. The second-order valence-corrected chi connectivity index (χ2v) is 5.51. The Morgan fingerprint density at radius 3 is 2.48 bits per heavy atom. The average Bonchev–Trinajstić information content (AvgIpc) is 3.33. The molecule has 116 valence electrons.